The molecule has 0 radical (unpaired) electrons. The lowest BCUT2D eigenvalue weighted by atomic mass is 9.99. The van der Waals surface area contributed by atoms with E-state index in [1.54, 1.807) is 0 Å². The topological polar surface area (TPSA) is 105 Å². The van der Waals surface area contributed by atoms with Gasteiger partial charge in [-0.25, -0.2) is 17.6 Å². The maximum Gasteiger partial charge on any atom is 0.339 e. The second-order valence-electron chi connectivity index (χ2n) is 5.53. The molecule has 0 amide bonds. The first kappa shape index (κ1) is 17.7. The van der Waals surface area contributed by atoms with E-state index in [4.69, 9.17) is 4.42 Å². The number of carboxylic acid groups (broad SMARTS) is 1. The van der Waals surface area contributed by atoms with E-state index in [0.29, 0.717) is 5.56 Å². The van der Waals surface area contributed by atoms with Crippen LogP contribution in [0.25, 0.3) is 11.1 Å². The number of hydrogen-bond donors (Lipinski definition) is 2. The van der Waals surface area contributed by atoms with E-state index >= 15 is 0 Å². The standard InChI is InChI=1S/C18H13FO6S/c19-13-2-4-14(5-3-13)26(23,24)10-12-1-6-15(11-7-8-25-9-11)17(20)16(12)18(21)22/h1-9,20H,10H2,(H,21,22). The molecule has 0 fully saturated rings. The molecule has 8 heteroatoms. The highest BCUT2D eigenvalue weighted by molar-refractivity contribution is 7.90. The van der Waals surface area contributed by atoms with E-state index in [9.17, 15) is 27.8 Å². The number of hydrogen-bond acceptors (Lipinski definition) is 5. The van der Waals surface area contributed by atoms with Gasteiger partial charge in [0.05, 0.1) is 23.2 Å². The predicted molar refractivity (Wildman–Crippen MR) is 90.1 cm³/mol. The number of phenols is 1. The summed E-state index contributed by atoms with van der Waals surface area (Å²) < 4.78 is 42.9. The van der Waals surface area contributed by atoms with Crippen molar-refractivity contribution >= 4 is 15.8 Å². The molecule has 0 spiro atoms. The molecule has 0 aliphatic rings. The van der Waals surface area contributed by atoms with Gasteiger partial charge in [-0.1, -0.05) is 12.1 Å². The van der Waals surface area contributed by atoms with Crippen LogP contribution in [0, 0.1) is 5.82 Å². The lowest BCUT2D eigenvalue weighted by molar-refractivity contribution is 0.0693. The van der Waals surface area contributed by atoms with Gasteiger partial charge in [0.15, 0.2) is 9.84 Å². The zero-order chi connectivity index (χ0) is 18.9. The van der Waals surface area contributed by atoms with Crippen LogP contribution < -0.4 is 0 Å². The van der Waals surface area contributed by atoms with Crippen molar-refractivity contribution in [1.82, 2.24) is 0 Å². The zero-order valence-electron chi connectivity index (χ0n) is 13.2. The highest BCUT2D eigenvalue weighted by Crippen LogP contribution is 2.35. The van der Waals surface area contributed by atoms with Gasteiger partial charge in [0, 0.05) is 11.1 Å². The second kappa shape index (κ2) is 6.64. The van der Waals surface area contributed by atoms with Crippen molar-refractivity contribution < 1.29 is 32.2 Å². The third kappa shape index (κ3) is 3.31. The van der Waals surface area contributed by atoms with Crippen molar-refractivity contribution in [2.45, 2.75) is 10.6 Å². The predicted octanol–water partition coefficient (Wildman–Crippen LogP) is 3.46. The Balaban J connectivity index is 2.06. The number of carbonyl (C=O) groups is 1. The van der Waals surface area contributed by atoms with E-state index in [1.807, 2.05) is 0 Å². The minimum Gasteiger partial charge on any atom is -0.506 e. The average Bonchev–Trinajstić information content (AvgIpc) is 3.09. The Morgan fingerprint density at radius 1 is 1.08 bits per heavy atom. The first-order valence-corrected chi connectivity index (χ1v) is 9.04. The fourth-order valence-corrected chi connectivity index (χ4v) is 3.94. The highest BCUT2D eigenvalue weighted by atomic mass is 32.2. The fraction of sp³-hybridized carbons (Fsp3) is 0.0556. The molecule has 134 valence electrons. The van der Waals surface area contributed by atoms with Crippen LogP contribution in [-0.4, -0.2) is 24.6 Å². The number of halogens is 1. The van der Waals surface area contributed by atoms with Crippen molar-refractivity contribution in [3.05, 3.63) is 71.9 Å². The van der Waals surface area contributed by atoms with Gasteiger partial charge in [-0.05, 0) is 35.9 Å². The number of carboxylic acids is 1. The molecule has 0 aliphatic carbocycles. The molecule has 1 aromatic heterocycles. The maximum absolute atomic E-state index is 13.0. The van der Waals surface area contributed by atoms with Crippen LogP contribution in [0.5, 0.6) is 5.75 Å². The minimum absolute atomic E-state index is 0.0773. The molecule has 6 nitrogen and oxygen atoms in total. The summed E-state index contributed by atoms with van der Waals surface area (Å²) in [5.41, 5.74) is 0.0815. The Hall–Kier alpha value is -3.13. The summed E-state index contributed by atoms with van der Waals surface area (Å²) in [5, 5.41) is 19.8. The van der Waals surface area contributed by atoms with Crippen LogP contribution in [0.15, 0.2) is 64.3 Å². The normalized spacial score (nSPS) is 11.4. The third-order valence-corrected chi connectivity index (χ3v) is 5.51. The summed E-state index contributed by atoms with van der Waals surface area (Å²) in [4.78, 5) is 11.5. The number of aromatic carboxylic acids is 1. The zero-order valence-corrected chi connectivity index (χ0v) is 14.0. The number of benzene rings is 2. The van der Waals surface area contributed by atoms with Gasteiger partial charge in [0.1, 0.15) is 17.1 Å². The van der Waals surface area contributed by atoms with Crippen LogP contribution in [0.2, 0.25) is 0 Å². The molecule has 2 N–H and O–H groups in total. The number of rotatable bonds is 5. The van der Waals surface area contributed by atoms with E-state index in [0.717, 1.165) is 24.3 Å². The van der Waals surface area contributed by atoms with E-state index < -0.39 is 38.7 Å². The largest absolute Gasteiger partial charge is 0.506 e. The molecule has 0 saturated carbocycles. The molecule has 0 aliphatic heterocycles. The number of furan rings is 1. The molecule has 1 heterocycles. The van der Waals surface area contributed by atoms with Gasteiger partial charge in [-0.15, -0.1) is 0 Å². The third-order valence-electron chi connectivity index (χ3n) is 3.83. The fourth-order valence-electron chi connectivity index (χ4n) is 2.57. The minimum atomic E-state index is -3.93. The lowest BCUT2D eigenvalue weighted by Gasteiger charge is -2.12. The number of sulfone groups is 1. The Kier molecular flexibility index (Phi) is 4.52. The summed E-state index contributed by atoms with van der Waals surface area (Å²) >= 11 is 0. The van der Waals surface area contributed by atoms with Crippen molar-refractivity contribution in [1.29, 1.82) is 0 Å². The summed E-state index contributed by atoms with van der Waals surface area (Å²) in [6.45, 7) is 0. The van der Waals surface area contributed by atoms with Crippen molar-refractivity contribution in [2.75, 3.05) is 0 Å². The van der Waals surface area contributed by atoms with Crippen molar-refractivity contribution in [3.63, 3.8) is 0 Å². The van der Waals surface area contributed by atoms with Crippen LogP contribution >= 0.6 is 0 Å². The van der Waals surface area contributed by atoms with Crippen LogP contribution in [0.3, 0.4) is 0 Å². The Morgan fingerprint density at radius 3 is 2.35 bits per heavy atom. The van der Waals surface area contributed by atoms with Gasteiger partial charge in [-0.2, -0.15) is 0 Å². The summed E-state index contributed by atoms with van der Waals surface area (Å²) in [6.07, 6.45) is 2.69. The molecular formula is C18H13FO6S. The van der Waals surface area contributed by atoms with Gasteiger partial charge in [0.25, 0.3) is 0 Å². The van der Waals surface area contributed by atoms with E-state index in [2.05, 4.69) is 0 Å². The Bertz CT molecular complexity index is 1050. The molecule has 2 aromatic carbocycles. The molecule has 26 heavy (non-hydrogen) atoms. The van der Waals surface area contributed by atoms with Crippen LogP contribution in [0.4, 0.5) is 4.39 Å². The monoisotopic (exact) mass is 376 g/mol. The molecule has 0 unspecified atom stereocenters. The van der Waals surface area contributed by atoms with Gasteiger partial charge >= 0.3 is 5.97 Å². The smallest absolute Gasteiger partial charge is 0.339 e. The van der Waals surface area contributed by atoms with Crippen LogP contribution in [0.1, 0.15) is 15.9 Å². The SMILES string of the molecule is O=C(O)c1c(CS(=O)(=O)c2ccc(F)cc2)ccc(-c2ccoc2)c1O. The Labute approximate surface area is 148 Å². The maximum atomic E-state index is 13.0. The van der Waals surface area contributed by atoms with E-state index in [1.165, 1.54) is 30.7 Å². The summed E-state index contributed by atoms with van der Waals surface area (Å²) in [5.74, 6) is -3.25. The first-order valence-electron chi connectivity index (χ1n) is 7.38. The Morgan fingerprint density at radius 2 is 1.77 bits per heavy atom. The molecule has 3 aromatic rings. The molecule has 0 atom stereocenters. The van der Waals surface area contributed by atoms with Gasteiger partial charge in [0.2, 0.25) is 0 Å². The van der Waals surface area contributed by atoms with Crippen LogP contribution in [-0.2, 0) is 15.6 Å². The summed E-state index contributed by atoms with van der Waals surface area (Å²) in [6, 6.07) is 8.49. The van der Waals surface area contributed by atoms with Gasteiger partial charge < -0.3 is 14.6 Å². The lowest BCUT2D eigenvalue weighted by Crippen LogP contribution is -2.10. The average molecular weight is 376 g/mol. The molecular weight excluding hydrogens is 363 g/mol. The molecule has 0 saturated heterocycles. The van der Waals surface area contributed by atoms with Crippen molar-refractivity contribution in [3.8, 4) is 16.9 Å². The number of aromatic hydroxyl groups is 1. The molecule has 3 rings (SSSR count). The highest BCUT2D eigenvalue weighted by Gasteiger charge is 2.24. The summed E-state index contributed by atoms with van der Waals surface area (Å²) in [7, 11) is -3.93. The second-order valence-corrected chi connectivity index (χ2v) is 7.52. The van der Waals surface area contributed by atoms with E-state index in [-0.39, 0.29) is 16.0 Å². The molecule has 0 bridgehead atoms. The quantitative estimate of drug-likeness (QED) is 0.661. The van der Waals surface area contributed by atoms with Crippen molar-refractivity contribution in [2.24, 2.45) is 0 Å². The first-order chi connectivity index (χ1) is 12.3. The van der Waals surface area contributed by atoms with Gasteiger partial charge in [-0.3, -0.25) is 0 Å².